The highest BCUT2D eigenvalue weighted by atomic mass is 16.5. The van der Waals surface area contributed by atoms with Gasteiger partial charge in [-0.2, -0.15) is 0 Å². The Morgan fingerprint density at radius 2 is 1.68 bits per heavy atom. The Morgan fingerprint density at radius 1 is 1.02 bits per heavy atom. The monoisotopic (exact) mass is 675 g/mol. The van der Waals surface area contributed by atoms with Crippen molar-refractivity contribution in [3.05, 3.63) is 113 Å². The van der Waals surface area contributed by atoms with Crippen LogP contribution in [-0.2, 0) is 27.2 Å². The first-order valence-electron chi connectivity index (χ1n) is 16.8. The van der Waals surface area contributed by atoms with E-state index in [2.05, 4.69) is 32.8 Å². The molecule has 3 N–H and O–H groups in total. The van der Waals surface area contributed by atoms with Crippen LogP contribution in [0.15, 0.2) is 95.3 Å². The van der Waals surface area contributed by atoms with Gasteiger partial charge in [-0.3, -0.25) is 9.79 Å². The fraction of sp³-hybridized carbons (Fsp3) is 0.333. The van der Waals surface area contributed by atoms with Gasteiger partial charge in [0.15, 0.2) is 5.78 Å². The van der Waals surface area contributed by atoms with Crippen molar-refractivity contribution < 1.29 is 29.3 Å². The quantitative estimate of drug-likeness (QED) is 0.115. The predicted octanol–water partition coefficient (Wildman–Crippen LogP) is 6.40. The minimum atomic E-state index is -1.18. The van der Waals surface area contributed by atoms with Gasteiger partial charge in [-0.1, -0.05) is 79.7 Å². The molecule has 258 valence electrons. The van der Waals surface area contributed by atoms with E-state index in [0.717, 1.165) is 39.2 Å². The second-order valence-electron chi connectivity index (χ2n) is 13.7. The van der Waals surface area contributed by atoms with Crippen molar-refractivity contribution >= 4 is 23.6 Å². The smallest absolute Gasteiger partial charge is 0.407 e. The van der Waals surface area contributed by atoms with Crippen LogP contribution >= 0.6 is 0 Å². The van der Waals surface area contributed by atoms with Crippen molar-refractivity contribution in [2.75, 3.05) is 13.2 Å². The molecule has 1 amide bonds. The number of aliphatic hydroxyl groups is 1. The molecule has 11 heteroatoms. The number of carboxylic acids is 1. The lowest BCUT2D eigenvalue weighted by Crippen LogP contribution is -2.42. The average molecular weight is 676 g/mol. The molecule has 3 aromatic carbocycles. The summed E-state index contributed by atoms with van der Waals surface area (Å²) in [7, 11) is 0. The Kier molecular flexibility index (Phi) is 9.94. The molecule has 1 heterocycles. The minimum Gasteiger partial charge on any atom is -0.511 e. The van der Waals surface area contributed by atoms with E-state index in [0.29, 0.717) is 43.5 Å². The van der Waals surface area contributed by atoms with Gasteiger partial charge in [-0.05, 0) is 65.1 Å². The first-order valence-corrected chi connectivity index (χ1v) is 16.8. The summed E-state index contributed by atoms with van der Waals surface area (Å²) in [5.74, 6) is -1.24. The number of hydrogen-bond acceptors (Lipinski definition) is 8. The number of ether oxygens (including phenoxy) is 1. The van der Waals surface area contributed by atoms with Crippen LogP contribution in [-0.4, -0.2) is 68.0 Å². The van der Waals surface area contributed by atoms with E-state index in [1.165, 1.54) is 0 Å². The number of benzene rings is 3. The molecule has 4 aromatic rings. The van der Waals surface area contributed by atoms with Crippen LogP contribution in [0.2, 0.25) is 0 Å². The molecule has 1 aromatic heterocycles. The number of carboxylic acid groups (broad SMARTS) is 1. The average Bonchev–Trinajstić information content (AvgIpc) is 3.68. The SMILES string of the molecule is CC(=NCCCc1cn(-c2ccc(C[C@@H](NC(=O)OCC3c4ccccc4-c4ccccc43)C(=O)O)cc2)nn1)C1=C(O)CC(C)(C)CC1=O. The molecule has 50 heavy (non-hydrogen) atoms. The van der Waals surface area contributed by atoms with Crippen LogP contribution in [0.5, 0.6) is 0 Å². The van der Waals surface area contributed by atoms with E-state index in [-0.39, 0.29) is 35.9 Å². The van der Waals surface area contributed by atoms with Crippen LogP contribution in [0.4, 0.5) is 4.79 Å². The molecular weight excluding hydrogens is 634 g/mol. The molecule has 0 saturated heterocycles. The zero-order chi connectivity index (χ0) is 35.4. The molecule has 0 unspecified atom stereocenters. The number of aromatic nitrogens is 3. The van der Waals surface area contributed by atoms with Crippen LogP contribution < -0.4 is 5.32 Å². The summed E-state index contributed by atoms with van der Waals surface area (Å²) in [5.41, 5.74) is 7.28. The lowest BCUT2D eigenvalue weighted by Gasteiger charge is -2.29. The van der Waals surface area contributed by atoms with Crippen LogP contribution in [0, 0.1) is 5.41 Å². The minimum absolute atomic E-state index is 0.0698. The van der Waals surface area contributed by atoms with Gasteiger partial charge in [0.05, 0.1) is 23.2 Å². The van der Waals surface area contributed by atoms with Crippen molar-refractivity contribution in [2.45, 2.75) is 64.8 Å². The largest absolute Gasteiger partial charge is 0.511 e. The fourth-order valence-corrected chi connectivity index (χ4v) is 6.83. The van der Waals surface area contributed by atoms with E-state index in [4.69, 9.17) is 4.74 Å². The van der Waals surface area contributed by atoms with E-state index < -0.39 is 18.1 Å². The number of nitrogens with one attached hydrogen (secondary N) is 1. The number of Topliss-reactive ketones (excluding diaryl/α,β-unsaturated/α-hetero) is 1. The number of aliphatic imine (C=N–C) groups is 1. The van der Waals surface area contributed by atoms with Gasteiger partial charge >= 0.3 is 12.1 Å². The fourth-order valence-electron chi connectivity index (χ4n) is 6.83. The molecule has 1 atom stereocenters. The maximum absolute atomic E-state index is 12.8. The Morgan fingerprint density at radius 3 is 2.32 bits per heavy atom. The topological polar surface area (TPSA) is 156 Å². The van der Waals surface area contributed by atoms with Crippen LogP contribution in [0.3, 0.4) is 0 Å². The molecule has 11 nitrogen and oxygen atoms in total. The Labute approximate surface area is 290 Å². The van der Waals surface area contributed by atoms with Crippen molar-refractivity contribution in [3.8, 4) is 16.8 Å². The third kappa shape index (κ3) is 7.67. The summed E-state index contributed by atoms with van der Waals surface area (Å²) in [6.07, 6.45) is 3.28. The zero-order valence-electron chi connectivity index (χ0n) is 28.4. The summed E-state index contributed by atoms with van der Waals surface area (Å²) >= 11 is 0. The van der Waals surface area contributed by atoms with Gasteiger partial charge in [-0.15, -0.1) is 5.10 Å². The van der Waals surface area contributed by atoms with Gasteiger partial charge < -0.3 is 20.3 Å². The summed E-state index contributed by atoms with van der Waals surface area (Å²) in [4.78, 5) is 41.9. The molecule has 0 spiro atoms. The summed E-state index contributed by atoms with van der Waals surface area (Å²) in [5, 5.41) is 31.3. The maximum atomic E-state index is 12.8. The molecule has 0 fully saturated rings. The van der Waals surface area contributed by atoms with E-state index in [9.17, 15) is 24.6 Å². The predicted molar refractivity (Wildman–Crippen MR) is 189 cm³/mol. The molecule has 6 rings (SSSR count). The molecule has 0 bridgehead atoms. The van der Waals surface area contributed by atoms with Crippen molar-refractivity contribution in [1.29, 1.82) is 0 Å². The summed E-state index contributed by atoms with van der Waals surface area (Å²) in [6, 6.07) is 22.1. The Bertz CT molecular complexity index is 1930. The number of amides is 1. The molecule has 0 radical (unpaired) electrons. The van der Waals surface area contributed by atoms with Crippen molar-refractivity contribution in [1.82, 2.24) is 20.3 Å². The molecular formula is C39H41N5O6. The number of aliphatic hydroxyl groups excluding tert-OH is 1. The number of fused-ring (bicyclic) bond motifs is 3. The number of carbonyl (C=O) groups excluding carboxylic acids is 2. The number of aryl methyl sites for hydroxylation is 1. The molecule has 0 aliphatic heterocycles. The first-order chi connectivity index (χ1) is 24.0. The number of nitrogens with zero attached hydrogens (tertiary/aromatic N) is 4. The normalized spacial score (nSPS) is 16.1. The highest BCUT2D eigenvalue weighted by Gasteiger charge is 2.34. The van der Waals surface area contributed by atoms with E-state index in [1.54, 1.807) is 23.7 Å². The number of aliphatic carboxylic acids is 1. The van der Waals surface area contributed by atoms with Crippen molar-refractivity contribution in [2.24, 2.45) is 10.4 Å². The van der Waals surface area contributed by atoms with Gasteiger partial charge in [0, 0.05) is 37.4 Å². The lowest BCUT2D eigenvalue weighted by molar-refractivity contribution is -0.139. The maximum Gasteiger partial charge on any atom is 0.407 e. The van der Waals surface area contributed by atoms with E-state index >= 15 is 0 Å². The molecule has 2 aliphatic rings. The first kappa shape index (κ1) is 34.3. The number of rotatable bonds is 12. The third-order valence-electron chi connectivity index (χ3n) is 9.27. The number of alkyl carbamates (subject to hydrolysis) is 1. The number of ketones is 1. The lowest BCUT2D eigenvalue weighted by atomic mass is 9.76. The third-order valence-corrected chi connectivity index (χ3v) is 9.27. The van der Waals surface area contributed by atoms with E-state index in [1.807, 2.05) is 68.6 Å². The van der Waals surface area contributed by atoms with Gasteiger partial charge in [-0.25, -0.2) is 14.3 Å². The highest BCUT2D eigenvalue weighted by Crippen LogP contribution is 2.44. The van der Waals surface area contributed by atoms with Gasteiger partial charge in [0.1, 0.15) is 18.4 Å². The highest BCUT2D eigenvalue weighted by molar-refractivity contribution is 6.22. The number of hydrogen-bond donors (Lipinski definition) is 3. The van der Waals surface area contributed by atoms with Gasteiger partial charge in [0.2, 0.25) is 0 Å². The Balaban J connectivity index is 0.997. The van der Waals surface area contributed by atoms with Crippen LogP contribution in [0.25, 0.3) is 16.8 Å². The zero-order valence-corrected chi connectivity index (χ0v) is 28.4. The summed E-state index contributed by atoms with van der Waals surface area (Å²) in [6.45, 7) is 6.27. The standard InChI is InChI=1S/C39H41N5O6/c1-24(36-34(45)20-39(2,3)21-35(36)46)40-18-8-9-26-22-44(43-42-26)27-16-14-25(15-17-27)19-33(37(47)48)41-38(49)50-23-32-30-12-6-4-10-28(30)29-11-5-7-13-31(29)32/h4-7,10-17,22,32-33,45H,8-9,18-21,23H2,1-3H3,(H,41,49)(H,47,48)/t33-/m1/s1. The number of allylic oxidation sites excluding steroid dienone is 2. The Hall–Kier alpha value is -5.58. The van der Waals surface area contributed by atoms with Crippen molar-refractivity contribution in [3.63, 3.8) is 0 Å². The second kappa shape index (κ2) is 14.5. The second-order valence-corrected chi connectivity index (χ2v) is 13.7. The molecule has 2 aliphatic carbocycles. The van der Waals surface area contributed by atoms with Crippen LogP contribution in [0.1, 0.15) is 68.3 Å². The number of carbonyl (C=O) groups is 3. The summed E-state index contributed by atoms with van der Waals surface area (Å²) < 4.78 is 7.20. The molecule has 0 saturated carbocycles. The van der Waals surface area contributed by atoms with Gasteiger partial charge in [0.25, 0.3) is 0 Å².